The number of nitrogens with two attached hydrogens (primary N) is 1. The molecule has 3 rings (SSSR count). The third kappa shape index (κ3) is 7.62. The third-order valence-corrected chi connectivity index (χ3v) is 6.85. The van der Waals surface area contributed by atoms with Crippen molar-refractivity contribution in [2.75, 3.05) is 6.61 Å². The number of alkyl carbamates (subject to hydrolysis) is 1. The quantitative estimate of drug-likeness (QED) is 0.302. The van der Waals surface area contributed by atoms with Crippen LogP contribution < -0.4 is 11.1 Å². The van der Waals surface area contributed by atoms with Crippen LogP contribution in [0.4, 0.5) is 9.59 Å². The van der Waals surface area contributed by atoms with Gasteiger partial charge in [-0.25, -0.2) is 19.6 Å². The van der Waals surface area contributed by atoms with Crippen molar-refractivity contribution in [3.8, 4) is 0 Å². The van der Waals surface area contributed by atoms with Crippen LogP contribution in [0.2, 0.25) is 0 Å². The van der Waals surface area contributed by atoms with Gasteiger partial charge in [0.2, 0.25) is 5.96 Å². The van der Waals surface area contributed by atoms with E-state index in [1.165, 1.54) is 18.0 Å². The van der Waals surface area contributed by atoms with Crippen LogP contribution in [0.5, 0.6) is 0 Å². The molecule has 0 aromatic heterocycles. The second-order valence-corrected chi connectivity index (χ2v) is 11.8. The molecule has 0 radical (unpaired) electrons. The van der Waals surface area contributed by atoms with Crippen LogP contribution in [0.1, 0.15) is 48.5 Å². The van der Waals surface area contributed by atoms with Crippen LogP contribution in [0, 0.1) is 5.92 Å². The Morgan fingerprint density at radius 3 is 2.40 bits per heavy atom. The van der Waals surface area contributed by atoms with E-state index in [0.29, 0.717) is 0 Å². The van der Waals surface area contributed by atoms with Crippen molar-refractivity contribution in [3.05, 3.63) is 0 Å². The number of hydrogen-bond acceptors (Lipinski definition) is 14. The number of ether oxygens (including phenoxy) is 5. The molecule has 2 saturated heterocycles. The standard InChI is InChI=1S/C24H35N5O10S/c1-10(2)15(27-22(33)39-24(5,6)7)20(32)38-17-16(36-12(4)31)13(9-35-11(3)30)37-19(17)29-18-14(40-23(29)34)8-26-21(25)28-18/h8,10,13-19H,9H2,1-7H3,(H2,25,28)(H,27,33)/t13-,14?,15+,16+,17-,18?,19-/m1/s1. The van der Waals surface area contributed by atoms with Crippen LogP contribution in [0.25, 0.3) is 0 Å². The van der Waals surface area contributed by atoms with E-state index < -0.39 is 82.8 Å². The summed E-state index contributed by atoms with van der Waals surface area (Å²) >= 11 is 0.915. The van der Waals surface area contributed by atoms with Crippen molar-refractivity contribution >= 4 is 53.2 Å². The summed E-state index contributed by atoms with van der Waals surface area (Å²) in [6, 6.07) is -1.17. The molecule has 0 aromatic carbocycles. The minimum Gasteiger partial charge on any atom is -0.463 e. The Morgan fingerprint density at radius 1 is 1.15 bits per heavy atom. The number of aliphatic imine (C=N–C) groups is 2. The van der Waals surface area contributed by atoms with Gasteiger partial charge in [-0.15, -0.1) is 0 Å². The predicted octanol–water partition coefficient (Wildman–Crippen LogP) is 0.930. The van der Waals surface area contributed by atoms with E-state index >= 15 is 0 Å². The van der Waals surface area contributed by atoms with Gasteiger partial charge in [-0.2, -0.15) is 0 Å². The van der Waals surface area contributed by atoms with E-state index in [2.05, 4.69) is 15.3 Å². The lowest BCUT2D eigenvalue weighted by Gasteiger charge is -2.33. The minimum absolute atomic E-state index is 0.0671. The SMILES string of the molecule is CC(=O)OC[C@H]1O[C@@H](N2C(=O)SC3C=NC(N)=NC32)[C@H](OC(=O)[C@@H](NC(=O)OC(C)(C)C)C(C)C)[C@H]1OC(C)=O. The van der Waals surface area contributed by atoms with Crippen molar-refractivity contribution in [3.63, 3.8) is 0 Å². The number of nitrogens with one attached hydrogen (secondary N) is 1. The average Bonchev–Trinajstić information content (AvgIpc) is 3.29. The van der Waals surface area contributed by atoms with Crippen LogP contribution in [-0.4, -0.2) is 101 Å². The average molecular weight is 586 g/mol. The molecule has 0 spiro atoms. The molecule has 16 heteroatoms. The van der Waals surface area contributed by atoms with E-state index in [9.17, 15) is 24.0 Å². The normalized spacial score (nSPS) is 28.4. The molecule has 0 saturated carbocycles. The first-order chi connectivity index (χ1) is 18.6. The number of carbonyl (C=O) groups excluding carboxylic acids is 5. The van der Waals surface area contributed by atoms with Crippen LogP contribution in [0.3, 0.4) is 0 Å². The predicted molar refractivity (Wildman–Crippen MR) is 141 cm³/mol. The van der Waals surface area contributed by atoms with Gasteiger partial charge in [-0.3, -0.25) is 19.3 Å². The number of hydrogen-bond donors (Lipinski definition) is 2. The number of carbonyl (C=O) groups is 5. The Morgan fingerprint density at radius 2 is 1.82 bits per heavy atom. The van der Waals surface area contributed by atoms with Gasteiger partial charge in [-0.05, 0) is 26.7 Å². The molecule has 222 valence electrons. The van der Waals surface area contributed by atoms with Gasteiger partial charge in [-0.1, -0.05) is 25.6 Å². The number of rotatable bonds is 8. The molecule has 2 fully saturated rings. The molecule has 3 aliphatic rings. The van der Waals surface area contributed by atoms with Crippen LogP contribution in [-0.2, 0) is 38.1 Å². The van der Waals surface area contributed by atoms with Gasteiger partial charge in [0.15, 0.2) is 18.4 Å². The molecule has 40 heavy (non-hydrogen) atoms. The van der Waals surface area contributed by atoms with Gasteiger partial charge in [0.05, 0.1) is 5.25 Å². The van der Waals surface area contributed by atoms with E-state index in [0.717, 1.165) is 18.7 Å². The molecule has 0 aromatic rings. The molecule has 3 aliphatic heterocycles. The first-order valence-electron chi connectivity index (χ1n) is 12.6. The Labute approximate surface area is 235 Å². The Kier molecular flexibility index (Phi) is 9.66. The van der Waals surface area contributed by atoms with E-state index in [1.54, 1.807) is 34.6 Å². The van der Waals surface area contributed by atoms with Crippen molar-refractivity contribution in [2.24, 2.45) is 21.6 Å². The van der Waals surface area contributed by atoms with E-state index in [-0.39, 0.29) is 12.6 Å². The highest BCUT2D eigenvalue weighted by atomic mass is 32.2. The summed E-state index contributed by atoms with van der Waals surface area (Å²) in [5, 5.41) is 1.52. The van der Waals surface area contributed by atoms with Crippen molar-refractivity contribution < 1.29 is 47.7 Å². The Hall–Kier alpha value is -3.40. The molecule has 2 amide bonds. The van der Waals surface area contributed by atoms with Crippen molar-refractivity contribution in [2.45, 2.75) is 96.1 Å². The summed E-state index contributed by atoms with van der Waals surface area (Å²) in [6.07, 6.45) is -5.32. The molecule has 3 N–H and O–H groups in total. The minimum atomic E-state index is -1.39. The summed E-state index contributed by atoms with van der Waals surface area (Å²) in [4.78, 5) is 72.1. The fourth-order valence-electron chi connectivity index (χ4n) is 4.19. The number of guanidine groups is 1. The maximum atomic E-state index is 13.5. The van der Waals surface area contributed by atoms with Crippen molar-refractivity contribution in [1.29, 1.82) is 0 Å². The lowest BCUT2D eigenvalue weighted by molar-refractivity contribution is -0.171. The summed E-state index contributed by atoms with van der Waals surface area (Å²) in [6.45, 7) is 10.4. The molecule has 0 aliphatic carbocycles. The number of amides is 2. The van der Waals surface area contributed by atoms with Gasteiger partial charge < -0.3 is 34.7 Å². The number of esters is 3. The summed E-state index contributed by atoms with van der Waals surface area (Å²) < 4.78 is 27.7. The maximum Gasteiger partial charge on any atom is 0.408 e. The second kappa shape index (κ2) is 12.4. The lowest BCUT2D eigenvalue weighted by Crippen LogP contribution is -2.54. The summed E-state index contributed by atoms with van der Waals surface area (Å²) in [7, 11) is 0. The fourth-order valence-corrected chi connectivity index (χ4v) is 5.19. The van der Waals surface area contributed by atoms with Crippen molar-refractivity contribution in [1.82, 2.24) is 10.2 Å². The Bertz CT molecular complexity index is 1090. The van der Waals surface area contributed by atoms with Gasteiger partial charge in [0.25, 0.3) is 5.24 Å². The monoisotopic (exact) mass is 585 g/mol. The lowest BCUT2D eigenvalue weighted by atomic mass is 10.0. The zero-order valence-corrected chi connectivity index (χ0v) is 24.1. The van der Waals surface area contributed by atoms with Gasteiger partial charge in [0.1, 0.15) is 30.5 Å². The van der Waals surface area contributed by atoms with Gasteiger partial charge in [0, 0.05) is 20.1 Å². The van der Waals surface area contributed by atoms with Crippen LogP contribution in [0.15, 0.2) is 9.98 Å². The number of nitrogens with zero attached hydrogens (tertiary/aromatic N) is 3. The molecule has 3 heterocycles. The Balaban J connectivity index is 1.95. The highest BCUT2D eigenvalue weighted by molar-refractivity contribution is 8.15. The highest BCUT2D eigenvalue weighted by Crippen LogP contribution is 2.40. The van der Waals surface area contributed by atoms with E-state index in [4.69, 9.17) is 29.4 Å². The van der Waals surface area contributed by atoms with E-state index in [1.807, 2.05) is 0 Å². The largest absolute Gasteiger partial charge is 0.463 e. The number of thioether (sulfide) groups is 1. The molecular formula is C24H35N5O10S. The molecular weight excluding hydrogens is 550 g/mol. The first-order valence-corrected chi connectivity index (χ1v) is 13.5. The maximum absolute atomic E-state index is 13.5. The zero-order valence-electron chi connectivity index (χ0n) is 23.3. The molecule has 0 bridgehead atoms. The second-order valence-electron chi connectivity index (χ2n) is 10.6. The number of fused-ring (bicyclic) bond motifs is 1. The summed E-state index contributed by atoms with van der Waals surface area (Å²) in [5.41, 5.74) is 4.96. The molecule has 7 atom stereocenters. The third-order valence-electron chi connectivity index (χ3n) is 5.80. The summed E-state index contributed by atoms with van der Waals surface area (Å²) in [5.74, 6) is -2.77. The van der Waals surface area contributed by atoms with Gasteiger partial charge >= 0.3 is 24.0 Å². The molecule has 2 unspecified atom stereocenters. The first kappa shape index (κ1) is 31.1. The highest BCUT2D eigenvalue weighted by Gasteiger charge is 2.58. The molecule has 15 nitrogen and oxygen atoms in total. The van der Waals surface area contributed by atoms with Crippen LogP contribution >= 0.6 is 11.8 Å². The topological polar surface area (TPSA) is 198 Å². The fraction of sp³-hybridized carbons (Fsp3) is 0.708. The zero-order chi connectivity index (χ0) is 29.9. The smallest absolute Gasteiger partial charge is 0.408 e.